The van der Waals surface area contributed by atoms with Crippen LogP contribution in [0.2, 0.25) is 0 Å². The molecule has 154 valence electrons. The monoisotopic (exact) mass is 382 g/mol. The molecule has 1 aromatic carbocycles. The molecule has 3 aliphatic rings. The van der Waals surface area contributed by atoms with Crippen LogP contribution in [0.25, 0.3) is 0 Å². The van der Waals surface area contributed by atoms with Crippen LogP contribution in [0, 0.1) is 5.92 Å². The van der Waals surface area contributed by atoms with Gasteiger partial charge in [-0.25, -0.2) is 0 Å². The molecule has 0 N–H and O–H groups in total. The average molecular weight is 383 g/mol. The minimum absolute atomic E-state index is 0.164. The van der Waals surface area contributed by atoms with Gasteiger partial charge in [-0.05, 0) is 57.9 Å². The van der Waals surface area contributed by atoms with Gasteiger partial charge in [0.25, 0.3) is 0 Å². The molecule has 1 aromatic rings. The minimum Gasteiger partial charge on any atom is -0.370 e. The van der Waals surface area contributed by atoms with Crippen LogP contribution in [0.5, 0.6) is 0 Å². The summed E-state index contributed by atoms with van der Waals surface area (Å²) in [5.41, 5.74) is 5.13. The smallest absolute Gasteiger partial charge is 0.104 e. The molecule has 2 nitrogen and oxygen atoms in total. The fourth-order valence-electron chi connectivity index (χ4n) is 5.82. The summed E-state index contributed by atoms with van der Waals surface area (Å²) >= 11 is 0. The molecule has 4 rings (SSSR count). The molecule has 0 unspecified atom stereocenters. The average Bonchev–Trinajstić information content (AvgIpc) is 2.68. The Morgan fingerprint density at radius 2 is 1.61 bits per heavy atom. The van der Waals surface area contributed by atoms with E-state index >= 15 is 0 Å². The van der Waals surface area contributed by atoms with Gasteiger partial charge in [-0.15, -0.1) is 0 Å². The Hall–Kier alpha value is -1.12. The van der Waals surface area contributed by atoms with E-state index in [1.807, 2.05) is 5.57 Å². The van der Waals surface area contributed by atoms with Gasteiger partial charge >= 0.3 is 0 Å². The molecule has 1 aliphatic heterocycles. The van der Waals surface area contributed by atoms with E-state index in [-0.39, 0.29) is 5.54 Å². The van der Waals surface area contributed by atoms with Crippen LogP contribution in [0.3, 0.4) is 0 Å². The topological polar surface area (TPSA) is 9.23 Å². The molecule has 0 saturated heterocycles. The van der Waals surface area contributed by atoms with Gasteiger partial charge in [-0.2, -0.15) is 0 Å². The van der Waals surface area contributed by atoms with E-state index in [0.717, 1.165) is 23.4 Å². The molecular formula is C26H40NO+. The van der Waals surface area contributed by atoms with Crippen molar-refractivity contribution in [1.29, 1.82) is 0 Å². The van der Waals surface area contributed by atoms with Gasteiger partial charge in [-0.1, -0.05) is 48.7 Å². The van der Waals surface area contributed by atoms with Gasteiger partial charge in [0.05, 0.1) is 31.8 Å². The Morgan fingerprint density at radius 3 is 2.36 bits per heavy atom. The lowest BCUT2D eigenvalue weighted by atomic mass is 9.71. The highest BCUT2D eigenvalue weighted by molar-refractivity contribution is 5.28. The molecule has 3 atom stereocenters. The Kier molecular flexibility index (Phi) is 5.73. The van der Waals surface area contributed by atoms with Crippen molar-refractivity contribution in [3.05, 3.63) is 47.0 Å². The summed E-state index contributed by atoms with van der Waals surface area (Å²) in [5.74, 6) is 0.746. The molecule has 0 spiro atoms. The first-order valence-electron chi connectivity index (χ1n) is 11.6. The zero-order valence-corrected chi connectivity index (χ0v) is 18.5. The molecule has 2 aliphatic carbocycles. The van der Waals surface area contributed by atoms with E-state index in [4.69, 9.17) is 4.74 Å². The van der Waals surface area contributed by atoms with E-state index in [9.17, 15) is 0 Å². The van der Waals surface area contributed by atoms with E-state index in [1.54, 1.807) is 5.57 Å². The summed E-state index contributed by atoms with van der Waals surface area (Å²) in [6.45, 7) is 5.98. The first kappa shape index (κ1) is 20.2. The lowest BCUT2D eigenvalue weighted by Gasteiger charge is -2.50. The summed E-state index contributed by atoms with van der Waals surface area (Å²) in [5, 5.41) is 0. The SMILES string of the molecule is CC(C)(C[C@H]1O[C@@H]2CCCC[C@@H]2C2=C1CCCC2)[N+](C)(C)Cc1ccccc1. The van der Waals surface area contributed by atoms with Crippen LogP contribution in [0.4, 0.5) is 0 Å². The number of ether oxygens (including phenoxy) is 1. The van der Waals surface area contributed by atoms with Crippen LogP contribution in [0.1, 0.15) is 77.2 Å². The summed E-state index contributed by atoms with van der Waals surface area (Å²) in [6.07, 6.45) is 12.8. The third kappa shape index (κ3) is 3.96. The molecule has 28 heavy (non-hydrogen) atoms. The molecule has 2 heteroatoms. The highest BCUT2D eigenvalue weighted by Crippen LogP contribution is 2.47. The molecule has 1 saturated carbocycles. The molecule has 0 bridgehead atoms. The second-order valence-electron chi connectivity index (χ2n) is 10.7. The molecule has 0 radical (unpaired) electrons. The highest BCUT2D eigenvalue weighted by Gasteiger charge is 2.45. The van der Waals surface area contributed by atoms with Crippen molar-refractivity contribution in [1.82, 2.24) is 0 Å². The standard InChI is InChI=1S/C26H40NO/c1-26(2,27(3,4)19-20-12-6-5-7-13-20)18-25-23-16-9-8-14-21(23)22-15-10-11-17-24(22)28-25/h5-7,12-13,22,24-25H,8-11,14-19H2,1-4H3/q+1/t22-,24-,25-/m1/s1. The van der Waals surface area contributed by atoms with Crippen LogP contribution in [-0.2, 0) is 11.3 Å². The lowest BCUT2D eigenvalue weighted by molar-refractivity contribution is -0.951. The number of rotatable bonds is 5. The van der Waals surface area contributed by atoms with Gasteiger partial charge in [-0.3, -0.25) is 0 Å². The second kappa shape index (κ2) is 7.95. The van der Waals surface area contributed by atoms with Crippen molar-refractivity contribution in [2.75, 3.05) is 14.1 Å². The van der Waals surface area contributed by atoms with E-state index < -0.39 is 0 Å². The van der Waals surface area contributed by atoms with Gasteiger partial charge < -0.3 is 9.22 Å². The fourth-order valence-corrected chi connectivity index (χ4v) is 5.82. The maximum absolute atomic E-state index is 6.87. The first-order valence-corrected chi connectivity index (χ1v) is 11.6. The largest absolute Gasteiger partial charge is 0.370 e. The number of hydrogen-bond donors (Lipinski definition) is 0. The number of fused-ring (bicyclic) bond motifs is 2. The summed E-state index contributed by atoms with van der Waals surface area (Å²) in [4.78, 5) is 0. The maximum atomic E-state index is 6.87. The van der Waals surface area contributed by atoms with Gasteiger partial charge in [0, 0.05) is 17.9 Å². The van der Waals surface area contributed by atoms with Crippen LogP contribution in [0.15, 0.2) is 41.5 Å². The minimum atomic E-state index is 0.164. The number of hydrogen-bond acceptors (Lipinski definition) is 1. The van der Waals surface area contributed by atoms with Crippen LogP contribution < -0.4 is 0 Å². The fraction of sp³-hybridized carbons (Fsp3) is 0.692. The number of benzene rings is 1. The Morgan fingerprint density at radius 1 is 0.929 bits per heavy atom. The Bertz CT molecular complexity index is 702. The zero-order valence-electron chi connectivity index (χ0n) is 18.5. The zero-order chi connectivity index (χ0) is 19.8. The Balaban J connectivity index is 1.55. The quantitative estimate of drug-likeness (QED) is 0.431. The lowest BCUT2D eigenvalue weighted by Crippen LogP contribution is -2.57. The Labute approximate surface area is 172 Å². The molecule has 0 amide bonds. The molecule has 1 heterocycles. The van der Waals surface area contributed by atoms with Crippen molar-refractivity contribution in [2.45, 2.75) is 95.9 Å². The van der Waals surface area contributed by atoms with Gasteiger partial charge in [0.15, 0.2) is 0 Å². The van der Waals surface area contributed by atoms with Crippen molar-refractivity contribution in [2.24, 2.45) is 5.92 Å². The van der Waals surface area contributed by atoms with Crippen LogP contribution >= 0.6 is 0 Å². The maximum Gasteiger partial charge on any atom is 0.104 e. The summed E-state index contributed by atoms with van der Waals surface area (Å²) in [7, 11) is 4.80. The van der Waals surface area contributed by atoms with Gasteiger partial charge in [0.1, 0.15) is 6.54 Å². The molecule has 1 fully saturated rings. The van der Waals surface area contributed by atoms with Crippen LogP contribution in [-0.4, -0.2) is 36.3 Å². The van der Waals surface area contributed by atoms with E-state index in [0.29, 0.717) is 12.2 Å². The summed E-state index contributed by atoms with van der Waals surface area (Å²) < 4.78 is 7.87. The third-order valence-electron chi connectivity index (χ3n) is 8.18. The second-order valence-corrected chi connectivity index (χ2v) is 10.7. The van der Waals surface area contributed by atoms with E-state index in [1.165, 1.54) is 56.9 Å². The molecular weight excluding hydrogens is 342 g/mol. The summed E-state index contributed by atoms with van der Waals surface area (Å²) in [6, 6.07) is 11.0. The predicted octanol–water partition coefficient (Wildman–Crippen LogP) is 6.26. The van der Waals surface area contributed by atoms with Crippen molar-refractivity contribution in [3.63, 3.8) is 0 Å². The third-order valence-corrected chi connectivity index (χ3v) is 8.18. The number of nitrogens with zero attached hydrogens (tertiary/aromatic N) is 1. The van der Waals surface area contributed by atoms with E-state index in [2.05, 4.69) is 58.3 Å². The van der Waals surface area contributed by atoms with Crippen molar-refractivity contribution < 1.29 is 9.22 Å². The predicted molar refractivity (Wildman–Crippen MR) is 117 cm³/mol. The van der Waals surface area contributed by atoms with Crippen molar-refractivity contribution >= 4 is 0 Å². The normalized spacial score (nSPS) is 28.6. The van der Waals surface area contributed by atoms with Gasteiger partial charge in [0.2, 0.25) is 0 Å². The highest BCUT2D eigenvalue weighted by atomic mass is 16.5. The van der Waals surface area contributed by atoms with Crippen molar-refractivity contribution in [3.8, 4) is 0 Å². The number of quaternary nitrogens is 1. The first-order chi connectivity index (χ1) is 13.4. The molecule has 0 aromatic heterocycles.